The molecule has 2 heterocycles. The van der Waals surface area contributed by atoms with E-state index in [0.717, 1.165) is 30.4 Å². The average molecular weight is 354 g/mol. The van der Waals surface area contributed by atoms with E-state index in [1.807, 2.05) is 23.1 Å². The minimum atomic E-state index is -0.784. The van der Waals surface area contributed by atoms with Gasteiger partial charge in [-0.15, -0.1) is 0 Å². The maximum absolute atomic E-state index is 14.8. The molecule has 5 heteroatoms. The number of hydrogen-bond donors (Lipinski definition) is 1. The molecule has 1 aromatic heterocycles. The molecule has 2 fully saturated rings. The molecule has 1 aromatic carbocycles. The summed E-state index contributed by atoms with van der Waals surface area (Å²) in [6.07, 6.45) is 8.48. The van der Waals surface area contributed by atoms with Crippen molar-refractivity contribution in [2.45, 2.75) is 50.7 Å². The Labute approximate surface area is 152 Å². The van der Waals surface area contributed by atoms with Crippen LogP contribution in [0.3, 0.4) is 0 Å². The van der Waals surface area contributed by atoms with Gasteiger partial charge < -0.3 is 5.11 Å². The first-order chi connectivity index (χ1) is 12.6. The number of pyridine rings is 1. The zero-order chi connectivity index (χ0) is 18.1. The summed E-state index contributed by atoms with van der Waals surface area (Å²) in [6, 6.07) is 8.70. The zero-order valence-corrected chi connectivity index (χ0v) is 14.6. The van der Waals surface area contributed by atoms with E-state index in [2.05, 4.69) is 4.98 Å². The van der Waals surface area contributed by atoms with Gasteiger partial charge in [-0.2, -0.15) is 0 Å². The number of hydrogen-bond acceptors (Lipinski definition) is 3. The molecule has 0 amide bonds. The lowest BCUT2D eigenvalue weighted by molar-refractivity contribution is -0.142. The van der Waals surface area contributed by atoms with Gasteiger partial charge in [0, 0.05) is 30.5 Å². The van der Waals surface area contributed by atoms with Gasteiger partial charge in [-0.1, -0.05) is 25.0 Å². The Morgan fingerprint density at radius 3 is 2.65 bits per heavy atom. The summed E-state index contributed by atoms with van der Waals surface area (Å²) in [7, 11) is 0. The monoisotopic (exact) mass is 354 g/mol. The highest BCUT2D eigenvalue weighted by Gasteiger charge is 2.45. The third kappa shape index (κ3) is 3.23. The number of likely N-dealkylation sites (tertiary alicyclic amines) is 1. The molecule has 2 aliphatic rings. The summed E-state index contributed by atoms with van der Waals surface area (Å²) >= 11 is 0. The van der Waals surface area contributed by atoms with Crippen LogP contribution in [0.5, 0.6) is 0 Å². The van der Waals surface area contributed by atoms with Crippen molar-refractivity contribution in [2.75, 3.05) is 0 Å². The molecule has 2 aromatic rings. The highest BCUT2D eigenvalue weighted by atomic mass is 19.1. The summed E-state index contributed by atoms with van der Waals surface area (Å²) in [5.74, 6) is -0.625. The SMILES string of the molecule is O=C(O)C1CC2CCCCC2N1Cc1ccc(-c2ccncc2)cc1F. The molecule has 1 aliphatic carbocycles. The standard InChI is InChI=1S/C21H23FN2O2/c22-18-11-15(14-7-9-23-10-8-14)5-6-17(18)13-24-19-4-2-1-3-16(19)12-20(24)21(25)26/h5-11,16,19-20H,1-4,12-13H2,(H,25,26). The van der Waals surface area contributed by atoms with Crippen LogP contribution in [0.1, 0.15) is 37.7 Å². The Kier molecular flexibility index (Phi) is 4.72. The van der Waals surface area contributed by atoms with Gasteiger partial charge in [0.05, 0.1) is 0 Å². The van der Waals surface area contributed by atoms with Crippen LogP contribution in [0, 0.1) is 11.7 Å². The minimum absolute atomic E-state index is 0.268. The molecule has 4 rings (SSSR count). The molecule has 3 atom stereocenters. The minimum Gasteiger partial charge on any atom is -0.480 e. The van der Waals surface area contributed by atoms with Crippen molar-refractivity contribution in [3.63, 3.8) is 0 Å². The molecular weight excluding hydrogens is 331 g/mol. The van der Waals surface area contributed by atoms with Crippen LogP contribution in [0.15, 0.2) is 42.7 Å². The number of halogens is 1. The third-order valence-corrected chi connectivity index (χ3v) is 5.93. The molecule has 26 heavy (non-hydrogen) atoms. The van der Waals surface area contributed by atoms with Gasteiger partial charge in [-0.05, 0) is 54.5 Å². The fraction of sp³-hybridized carbons (Fsp3) is 0.429. The molecule has 3 unspecified atom stereocenters. The van der Waals surface area contributed by atoms with Gasteiger partial charge in [-0.3, -0.25) is 14.7 Å². The van der Waals surface area contributed by atoms with Crippen molar-refractivity contribution >= 4 is 5.97 Å². The number of rotatable bonds is 4. The number of fused-ring (bicyclic) bond motifs is 1. The number of nitrogens with zero attached hydrogens (tertiary/aromatic N) is 2. The largest absolute Gasteiger partial charge is 0.480 e. The smallest absolute Gasteiger partial charge is 0.320 e. The molecule has 0 spiro atoms. The van der Waals surface area contributed by atoms with Gasteiger partial charge in [0.15, 0.2) is 0 Å². The fourth-order valence-electron chi connectivity index (χ4n) is 4.62. The van der Waals surface area contributed by atoms with Gasteiger partial charge in [0.25, 0.3) is 0 Å². The van der Waals surface area contributed by atoms with Crippen LogP contribution in [0.2, 0.25) is 0 Å². The number of benzene rings is 1. The second-order valence-corrected chi connectivity index (χ2v) is 7.42. The number of carboxylic acids is 1. The molecule has 4 nitrogen and oxygen atoms in total. The van der Waals surface area contributed by atoms with E-state index in [4.69, 9.17) is 0 Å². The van der Waals surface area contributed by atoms with E-state index in [1.165, 1.54) is 12.5 Å². The van der Waals surface area contributed by atoms with Gasteiger partial charge in [0.1, 0.15) is 11.9 Å². The Bertz CT molecular complexity index is 796. The molecule has 1 aliphatic heterocycles. The lowest BCUT2D eigenvalue weighted by Crippen LogP contribution is -2.41. The Hall–Kier alpha value is -2.27. The summed E-state index contributed by atoms with van der Waals surface area (Å²) in [5, 5.41) is 9.63. The summed E-state index contributed by atoms with van der Waals surface area (Å²) < 4.78 is 14.8. The molecule has 1 saturated carbocycles. The first-order valence-electron chi connectivity index (χ1n) is 9.31. The summed E-state index contributed by atoms with van der Waals surface area (Å²) in [5.41, 5.74) is 2.29. The number of aromatic nitrogens is 1. The first-order valence-corrected chi connectivity index (χ1v) is 9.31. The number of carbonyl (C=O) groups is 1. The average Bonchev–Trinajstić information content (AvgIpc) is 3.03. The van der Waals surface area contributed by atoms with Crippen LogP contribution in [-0.2, 0) is 11.3 Å². The van der Waals surface area contributed by atoms with E-state index >= 15 is 0 Å². The molecule has 1 N–H and O–H groups in total. The first kappa shape index (κ1) is 17.2. The van der Waals surface area contributed by atoms with E-state index in [0.29, 0.717) is 24.4 Å². The molecule has 0 radical (unpaired) electrons. The van der Waals surface area contributed by atoms with Crippen molar-refractivity contribution in [1.29, 1.82) is 0 Å². The van der Waals surface area contributed by atoms with Crippen molar-refractivity contribution < 1.29 is 14.3 Å². The fourth-order valence-corrected chi connectivity index (χ4v) is 4.62. The predicted molar refractivity (Wildman–Crippen MR) is 97.0 cm³/mol. The zero-order valence-electron chi connectivity index (χ0n) is 14.6. The van der Waals surface area contributed by atoms with Crippen LogP contribution in [-0.4, -0.2) is 33.0 Å². The summed E-state index contributed by atoms with van der Waals surface area (Å²) in [4.78, 5) is 17.7. The predicted octanol–water partition coefficient (Wildman–Crippen LogP) is 4.11. The molecule has 1 saturated heterocycles. The van der Waals surface area contributed by atoms with Crippen molar-refractivity contribution in [3.05, 3.63) is 54.1 Å². The van der Waals surface area contributed by atoms with Gasteiger partial charge in [0.2, 0.25) is 0 Å². The van der Waals surface area contributed by atoms with Crippen LogP contribution < -0.4 is 0 Å². The number of aliphatic carboxylic acids is 1. The second kappa shape index (κ2) is 7.16. The van der Waals surface area contributed by atoms with E-state index in [-0.39, 0.29) is 11.9 Å². The van der Waals surface area contributed by atoms with E-state index in [1.54, 1.807) is 18.5 Å². The van der Waals surface area contributed by atoms with Crippen molar-refractivity contribution in [2.24, 2.45) is 5.92 Å². The Morgan fingerprint density at radius 1 is 1.15 bits per heavy atom. The van der Waals surface area contributed by atoms with Crippen molar-refractivity contribution in [3.8, 4) is 11.1 Å². The van der Waals surface area contributed by atoms with E-state index in [9.17, 15) is 14.3 Å². The number of carboxylic acid groups (broad SMARTS) is 1. The van der Waals surface area contributed by atoms with E-state index < -0.39 is 12.0 Å². The molecule has 136 valence electrons. The highest BCUT2D eigenvalue weighted by molar-refractivity contribution is 5.74. The highest BCUT2D eigenvalue weighted by Crippen LogP contribution is 2.40. The topological polar surface area (TPSA) is 53.4 Å². The lowest BCUT2D eigenvalue weighted by Gasteiger charge is -2.33. The summed E-state index contributed by atoms with van der Waals surface area (Å²) in [6.45, 7) is 0.362. The van der Waals surface area contributed by atoms with Gasteiger partial charge in [-0.25, -0.2) is 4.39 Å². The van der Waals surface area contributed by atoms with Crippen LogP contribution in [0.4, 0.5) is 4.39 Å². The molecular formula is C21H23FN2O2. The normalized spacial score (nSPS) is 25.8. The maximum Gasteiger partial charge on any atom is 0.320 e. The van der Waals surface area contributed by atoms with Crippen molar-refractivity contribution in [1.82, 2.24) is 9.88 Å². The maximum atomic E-state index is 14.8. The van der Waals surface area contributed by atoms with Crippen LogP contribution in [0.25, 0.3) is 11.1 Å². The second-order valence-electron chi connectivity index (χ2n) is 7.42. The Morgan fingerprint density at radius 2 is 1.92 bits per heavy atom. The lowest BCUT2D eigenvalue weighted by atomic mass is 9.84. The molecule has 0 bridgehead atoms. The quantitative estimate of drug-likeness (QED) is 0.898. The van der Waals surface area contributed by atoms with Crippen LogP contribution >= 0.6 is 0 Å². The van der Waals surface area contributed by atoms with Gasteiger partial charge >= 0.3 is 5.97 Å². The Balaban J connectivity index is 1.58. The third-order valence-electron chi connectivity index (χ3n) is 5.93.